The highest BCUT2D eigenvalue weighted by molar-refractivity contribution is 5.19. The molecule has 2 unspecified atom stereocenters. The maximum absolute atomic E-state index is 3.88. The lowest BCUT2D eigenvalue weighted by Crippen LogP contribution is -2.34. The first-order chi connectivity index (χ1) is 8.96. The van der Waals surface area contributed by atoms with Crippen molar-refractivity contribution in [3.05, 3.63) is 35.9 Å². The summed E-state index contributed by atoms with van der Waals surface area (Å²) in [5, 5.41) is 3.88. The smallest absolute Gasteiger partial charge is 0.0327 e. The molecule has 0 heterocycles. The maximum Gasteiger partial charge on any atom is 0.0327 e. The summed E-state index contributed by atoms with van der Waals surface area (Å²) in [5.74, 6) is 0. The SMILES string of the molecule is CCCC(CC)NC(CC(C)(C)C)c1ccccc1. The van der Waals surface area contributed by atoms with Crippen LogP contribution >= 0.6 is 0 Å². The number of rotatable bonds is 7. The lowest BCUT2D eigenvalue weighted by atomic mass is 9.85. The predicted octanol–water partition coefficient (Wildman–Crippen LogP) is 5.33. The van der Waals surface area contributed by atoms with E-state index < -0.39 is 0 Å². The molecule has 2 atom stereocenters. The molecule has 108 valence electrons. The van der Waals surface area contributed by atoms with Crippen molar-refractivity contribution in [1.29, 1.82) is 0 Å². The normalized spacial score (nSPS) is 15.2. The van der Waals surface area contributed by atoms with Crippen LogP contribution in [0.5, 0.6) is 0 Å². The summed E-state index contributed by atoms with van der Waals surface area (Å²) in [5.41, 5.74) is 1.77. The third-order valence-electron chi connectivity index (χ3n) is 3.59. The quantitative estimate of drug-likeness (QED) is 0.699. The fraction of sp³-hybridized carbons (Fsp3) is 0.667. The van der Waals surface area contributed by atoms with Gasteiger partial charge in [0.1, 0.15) is 0 Å². The second-order valence-corrected chi connectivity index (χ2v) is 6.79. The summed E-state index contributed by atoms with van der Waals surface area (Å²) in [6, 6.07) is 12.0. The van der Waals surface area contributed by atoms with Crippen LogP contribution in [0, 0.1) is 5.41 Å². The van der Waals surface area contributed by atoms with E-state index in [9.17, 15) is 0 Å². The van der Waals surface area contributed by atoms with Crippen LogP contribution in [0.1, 0.15) is 71.9 Å². The Kier molecular flexibility index (Phi) is 6.57. The Morgan fingerprint density at radius 3 is 2.16 bits per heavy atom. The molecule has 1 aromatic carbocycles. The monoisotopic (exact) mass is 261 g/mol. The Labute approximate surface area is 119 Å². The van der Waals surface area contributed by atoms with Crippen molar-refractivity contribution >= 4 is 0 Å². The molecule has 1 aromatic rings. The molecule has 1 rings (SSSR count). The van der Waals surface area contributed by atoms with Gasteiger partial charge in [-0.25, -0.2) is 0 Å². The van der Waals surface area contributed by atoms with Crippen LogP contribution in [-0.2, 0) is 0 Å². The summed E-state index contributed by atoms with van der Waals surface area (Å²) in [4.78, 5) is 0. The average Bonchev–Trinajstić information content (AvgIpc) is 2.36. The molecule has 0 fully saturated rings. The second kappa shape index (κ2) is 7.69. The van der Waals surface area contributed by atoms with Crippen LogP contribution in [0.3, 0.4) is 0 Å². The van der Waals surface area contributed by atoms with E-state index in [-0.39, 0.29) is 0 Å². The van der Waals surface area contributed by atoms with Crippen molar-refractivity contribution in [3.8, 4) is 0 Å². The molecular formula is C18H31N. The molecule has 19 heavy (non-hydrogen) atoms. The summed E-state index contributed by atoms with van der Waals surface area (Å²) in [6.07, 6.45) is 4.91. The average molecular weight is 261 g/mol. The van der Waals surface area contributed by atoms with E-state index in [1.807, 2.05) is 0 Å². The Morgan fingerprint density at radius 1 is 1.05 bits per heavy atom. The van der Waals surface area contributed by atoms with Crippen LogP contribution in [0.25, 0.3) is 0 Å². The van der Waals surface area contributed by atoms with Gasteiger partial charge in [0.05, 0.1) is 0 Å². The zero-order valence-corrected chi connectivity index (χ0v) is 13.4. The third-order valence-corrected chi connectivity index (χ3v) is 3.59. The van der Waals surface area contributed by atoms with Crippen molar-refractivity contribution < 1.29 is 0 Å². The first-order valence-corrected chi connectivity index (χ1v) is 7.77. The molecule has 0 spiro atoms. The molecule has 0 aromatic heterocycles. The zero-order chi connectivity index (χ0) is 14.3. The molecule has 0 bridgehead atoms. The molecule has 0 amide bonds. The summed E-state index contributed by atoms with van der Waals surface area (Å²) in [7, 11) is 0. The summed E-state index contributed by atoms with van der Waals surface area (Å²) >= 11 is 0. The molecule has 1 heteroatoms. The Balaban J connectivity index is 2.80. The first kappa shape index (κ1) is 16.2. The lowest BCUT2D eigenvalue weighted by Gasteiger charge is -2.31. The van der Waals surface area contributed by atoms with E-state index in [1.165, 1.54) is 31.2 Å². The largest absolute Gasteiger partial charge is 0.307 e. The molecule has 0 aliphatic carbocycles. The van der Waals surface area contributed by atoms with Crippen molar-refractivity contribution in [2.45, 2.75) is 72.4 Å². The molecule has 0 radical (unpaired) electrons. The van der Waals surface area contributed by atoms with Gasteiger partial charge in [-0.15, -0.1) is 0 Å². The van der Waals surface area contributed by atoms with Gasteiger partial charge < -0.3 is 5.32 Å². The Hall–Kier alpha value is -0.820. The first-order valence-electron chi connectivity index (χ1n) is 7.77. The van der Waals surface area contributed by atoms with E-state index in [2.05, 4.69) is 70.3 Å². The van der Waals surface area contributed by atoms with Crippen LogP contribution in [0.15, 0.2) is 30.3 Å². The molecule has 1 N–H and O–H groups in total. The van der Waals surface area contributed by atoms with Crippen LogP contribution < -0.4 is 5.32 Å². The van der Waals surface area contributed by atoms with E-state index in [0.29, 0.717) is 17.5 Å². The molecule has 0 aliphatic rings. The van der Waals surface area contributed by atoms with Crippen LogP contribution in [-0.4, -0.2) is 6.04 Å². The van der Waals surface area contributed by atoms with Crippen molar-refractivity contribution in [3.63, 3.8) is 0 Å². The summed E-state index contributed by atoms with van der Waals surface area (Å²) in [6.45, 7) is 11.5. The number of nitrogens with one attached hydrogen (secondary N) is 1. The minimum absolute atomic E-state index is 0.345. The van der Waals surface area contributed by atoms with Crippen molar-refractivity contribution in [2.24, 2.45) is 5.41 Å². The van der Waals surface area contributed by atoms with Gasteiger partial charge >= 0.3 is 0 Å². The summed E-state index contributed by atoms with van der Waals surface area (Å²) < 4.78 is 0. The minimum Gasteiger partial charge on any atom is -0.307 e. The van der Waals surface area contributed by atoms with Gasteiger partial charge in [-0.2, -0.15) is 0 Å². The third kappa shape index (κ3) is 6.24. The molecule has 1 nitrogen and oxygen atoms in total. The van der Waals surface area contributed by atoms with Gasteiger partial charge in [0.25, 0.3) is 0 Å². The van der Waals surface area contributed by atoms with Gasteiger partial charge in [-0.3, -0.25) is 0 Å². The number of hydrogen-bond acceptors (Lipinski definition) is 1. The minimum atomic E-state index is 0.345. The Morgan fingerprint density at radius 2 is 1.68 bits per heavy atom. The van der Waals surface area contributed by atoms with E-state index in [1.54, 1.807) is 0 Å². The zero-order valence-electron chi connectivity index (χ0n) is 13.4. The van der Waals surface area contributed by atoms with E-state index in [0.717, 1.165) is 0 Å². The maximum atomic E-state index is 3.88. The van der Waals surface area contributed by atoms with Gasteiger partial charge in [0.15, 0.2) is 0 Å². The van der Waals surface area contributed by atoms with Gasteiger partial charge in [-0.05, 0) is 30.2 Å². The van der Waals surface area contributed by atoms with Crippen molar-refractivity contribution in [1.82, 2.24) is 5.32 Å². The highest BCUT2D eigenvalue weighted by Crippen LogP contribution is 2.30. The standard InChI is InChI=1S/C18H31N/c1-6-11-16(7-2)19-17(14-18(3,4)5)15-12-9-8-10-13-15/h8-10,12-13,16-17,19H,6-7,11,14H2,1-5H3. The van der Waals surface area contributed by atoms with Crippen molar-refractivity contribution in [2.75, 3.05) is 0 Å². The fourth-order valence-electron chi connectivity index (χ4n) is 2.61. The van der Waals surface area contributed by atoms with E-state index >= 15 is 0 Å². The number of hydrogen-bond donors (Lipinski definition) is 1. The molecular weight excluding hydrogens is 230 g/mol. The highest BCUT2D eigenvalue weighted by atomic mass is 14.9. The Bertz CT molecular complexity index is 336. The highest BCUT2D eigenvalue weighted by Gasteiger charge is 2.21. The van der Waals surface area contributed by atoms with E-state index in [4.69, 9.17) is 0 Å². The topological polar surface area (TPSA) is 12.0 Å². The second-order valence-electron chi connectivity index (χ2n) is 6.79. The van der Waals surface area contributed by atoms with Gasteiger partial charge in [0.2, 0.25) is 0 Å². The lowest BCUT2D eigenvalue weighted by molar-refractivity contribution is 0.284. The molecule has 0 aliphatic heterocycles. The fourth-order valence-corrected chi connectivity index (χ4v) is 2.61. The van der Waals surface area contributed by atoms with Gasteiger partial charge in [0, 0.05) is 12.1 Å². The van der Waals surface area contributed by atoms with Crippen LogP contribution in [0.2, 0.25) is 0 Å². The molecule has 0 saturated carbocycles. The van der Waals surface area contributed by atoms with Gasteiger partial charge in [-0.1, -0.05) is 71.4 Å². The number of benzene rings is 1. The molecule has 0 saturated heterocycles. The van der Waals surface area contributed by atoms with Crippen LogP contribution in [0.4, 0.5) is 0 Å². The predicted molar refractivity (Wildman–Crippen MR) is 85.4 cm³/mol.